The molecule has 0 aliphatic carbocycles. The normalized spacial score (nSPS) is 9.78. The summed E-state index contributed by atoms with van der Waals surface area (Å²) in [5.74, 6) is 0.458. The van der Waals surface area contributed by atoms with E-state index >= 15 is 0 Å². The minimum atomic E-state index is 0.182. The highest BCUT2D eigenvalue weighted by Gasteiger charge is 2.24. The highest BCUT2D eigenvalue weighted by molar-refractivity contribution is 5.81. The van der Waals surface area contributed by atoms with Gasteiger partial charge in [0, 0.05) is 25.3 Å². The number of nitrogens with one attached hydrogen (secondary N) is 1. The molecule has 0 atom stereocenters. The molecular weight excluding hydrogens is 290 g/mol. The highest BCUT2D eigenvalue weighted by Crippen LogP contribution is 2.33. The van der Waals surface area contributed by atoms with Gasteiger partial charge in [0.1, 0.15) is 17.7 Å². The van der Waals surface area contributed by atoms with Crippen LogP contribution in [0.3, 0.4) is 0 Å². The number of H-pyrrole nitrogens is 1. The molecule has 1 aromatic carbocycles. The Kier molecular flexibility index (Phi) is 4.68. The predicted octanol–water partition coefficient (Wildman–Crippen LogP) is 1.96. The van der Waals surface area contributed by atoms with Crippen LogP contribution in [0.4, 0.5) is 11.5 Å². The van der Waals surface area contributed by atoms with E-state index in [-0.39, 0.29) is 22.8 Å². The summed E-state index contributed by atoms with van der Waals surface area (Å²) in [7, 11) is 3.89. The van der Waals surface area contributed by atoms with Gasteiger partial charge >= 0.3 is 5.88 Å². The number of nitrogens with zero attached hydrogens (tertiary/aromatic N) is 3. The first-order chi connectivity index (χ1) is 11.0. The molecule has 0 bridgehead atoms. The van der Waals surface area contributed by atoms with E-state index in [2.05, 4.69) is 17.1 Å². The zero-order valence-corrected chi connectivity index (χ0v) is 13.3. The summed E-state index contributed by atoms with van der Waals surface area (Å²) in [6.07, 6.45) is 0. The standard InChI is InChI=1S/C17H17N5O/c1-4-23-17-14(10-19)15(13(9-18)16(20)21-17)11-5-7-12(8-6-11)22(2)3/h5-8H,4H2,1-3H3,(H2,20,21)/p+1. The molecule has 1 heterocycles. The van der Waals surface area contributed by atoms with E-state index in [1.54, 1.807) is 0 Å². The van der Waals surface area contributed by atoms with Crippen molar-refractivity contribution in [2.75, 3.05) is 31.3 Å². The fourth-order valence-corrected chi connectivity index (χ4v) is 2.31. The topological polar surface area (TPSA) is 100 Å². The summed E-state index contributed by atoms with van der Waals surface area (Å²) >= 11 is 0. The van der Waals surface area contributed by atoms with Crippen LogP contribution in [0.5, 0.6) is 5.88 Å². The molecule has 0 radical (unpaired) electrons. The molecule has 6 heteroatoms. The first-order valence-corrected chi connectivity index (χ1v) is 7.13. The molecule has 23 heavy (non-hydrogen) atoms. The van der Waals surface area contributed by atoms with Crippen LogP contribution >= 0.6 is 0 Å². The number of hydrogen-bond acceptors (Lipinski definition) is 5. The molecule has 0 saturated heterocycles. The lowest BCUT2D eigenvalue weighted by molar-refractivity contribution is -0.377. The molecule has 6 nitrogen and oxygen atoms in total. The minimum Gasteiger partial charge on any atom is -0.462 e. The summed E-state index contributed by atoms with van der Waals surface area (Å²) in [6, 6.07) is 11.8. The third kappa shape index (κ3) is 3.02. The number of aromatic amines is 1. The molecule has 0 fully saturated rings. The highest BCUT2D eigenvalue weighted by atomic mass is 16.5. The number of hydrogen-bond donors (Lipinski definition) is 1. The Morgan fingerprint density at radius 1 is 1.13 bits per heavy atom. The van der Waals surface area contributed by atoms with Gasteiger partial charge in [0.2, 0.25) is 0 Å². The second-order valence-electron chi connectivity index (χ2n) is 5.09. The maximum atomic E-state index is 9.53. The first kappa shape index (κ1) is 16.1. The lowest BCUT2D eigenvalue weighted by atomic mass is 9.96. The number of aromatic nitrogens is 1. The Morgan fingerprint density at radius 3 is 2.22 bits per heavy atom. The summed E-state index contributed by atoms with van der Waals surface area (Å²) < 4.78 is 5.46. The Bertz CT molecular complexity index is 798. The molecule has 0 spiro atoms. The van der Waals surface area contributed by atoms with Gasteiger partial charge in [-0.1, -0.05) is 12.1 Å². The molecule has 2 aromatic rings. The third-order valence-corrected chi connectivity index (χ3v) is 3.43. The first-order valence-electron chi connectivity index (χ1n) is 7.13. The van der Waals surface area contributed by atoms with Crippen LogP contribution in [0.1, 0.15) is 18.1 Å². The van der Waals surface area contributed by atoms with E-state index in [0.717, 1.165) is 11.3 Å². The van der Waals surface area contributed by atoms with Gasteiger partial charge in [0.05, 0.1) is 6.61 Å². The molecule has 2 rings (SSSR count). The summed E-state index contributed by atoms with van der Waals surface area (Å²) in [6.45, 7) is 2.20. The van der Waals surface area contributed by atoms with Crippen LogP contribution in [0.25, 0.3) is 11.1 Å². The molecule has 0 aliphatic heterocycles. The van der Waals surface area contributed by atoms with Gasteiger partial charge in [-0.25, -0.2) is 4.98 Å². The van der Waals surface area contributed by atoms with Crippen molar-refractivity contribution in [3.05, 3.63) is 35.4 Å². The maximum Gasteiger partial charge on any atom is 0.301 e. The molecule has 3 N–H and O–H groups in total. The van der Waals surface area contributed by atoms with Crippen LogP contribution in [0, 0.1) is 22.7 Å². The van der Waals surface area contributed by atoms with Crippen molar-refractivity contribution in [1.82, 2.24) is 0 Å². The number of pyridine rings is 1. The summed E-state index contributed by atoms with van der Waals surface area (Å²) in [5.41, 5.74) is 8.69. The second-order valence-corrected chi connectivity index (χ2v) is 5.09. The van der Waals surface area contributed by atoms with Crippen molar-refractivity contribution in [2.45, 2.75) is 6.92 Å². The molecule has 1 aromatic heterocycles. The summed E-state index contributed by atoms with van der Waals surface area (Å²) in [5, 5.41) is 19.0. The van der Waals surface area contributed by atoms with Crippen LogP contribution in [0.2, 0.25) is 0 Å². The van der Waals surface area contributed by atoms with Crippen molar-refractivity contribution >= 4 is 11.5 Å². The van der Waals surface area contributed by atoms with Gasteiger partial charge in [-0.2, -0.15) is 10.5 Å². The van der Waals surface area contributed by atoms with E-state index < -0.39 is 0 Å². The van der Waals surface area contributed by atoms with Gasteiger partial charge < -0.3 is 9.64 Å². The largest absolute Gasteiger partial charge is 0.462 e. The molecule has 0 unspecified atom stereocenters. The van der Waals surface area contributed by atoms with Crippen LogP contribution in [-0.4, -0.2) is 20.7 Å². The minimum absolute atomic E-state index is 0.182. The Morgan fingerprint density at radius 2 is 1.74 bits per heavy atom. The monoisotopic (exact) mass is 308 g/mol. The Labute approximate surface area is 135 Å². The smallest absolute Gasteiger partial charge is 0.301 e. The van der Waals surface area contributed by atoms with Crippen molar-refractivity contribution in [3.63, 3.8) is 0 Å². The zero-order chi connectivity index (χ0) is 17.0. The van der Waals surface area contributed by atoms with E-state index in [1.165, 1.54) is 0 Å². The van der Waals surface area contributed by atoms with Crippen molar-refractivity contribution < 1.29 is 9.72 Å². The fraction of sp³-hybridized carbons (Fsp3) is 0.235. The molecule has 116 valence electrons. The lowest BCUT2D eigenvalue weighted by Gasteiger charge is -2.14. The van der Waals surface area contributed by atoms with Crippen LogP contribution in [0.15, 0.2) is 24.3 Å². The number of ether oxygens (including phenoxy) is 1. The quantitative estimate of drug-likeness (QED) is 0.930. The van der Waals surface area contributed by atoms with Gasteiger partial charge in [-0.3, -0.25) is 5.73 Å². The van der Waals surface area contributed by atoms with Crippen molar-refractivity contribution in [3.8, 4) is 29.1 Å². The van der Waals surface area contributed by atoms with E-state index in [9.17, 15) is 10.5 Å². The fourth-order valence-electron chi connectivity index (χ4n) is 2.31. The number of anilines is 2. The molecule has 0 amide bonds. The van der Waals surface area contributed by atoms with Gasteiger partial charge in [-0.15, -0.1) is 0 Å². The van der Waals surface area contributed by atoms with Crippen molar-refractivity contribution in [1.29, 1.82) is 10.5 Å². The van der Waals surface area contributed by atoms with Crippen LogP contribution in [-0.2, 0) is 0 Å². The summed E-state index contributed by atoms with van der Waals surface area (Å²) in [4.78, 5) is 4.76. The molecular formula is C17H18N5O+. The third-order valence-electron chi connectivity index (χ3n) is 3.43. The Balaban J connectivity index is 2.73. The maximum absolute atomic E-state index is 9.53. The average molecular weight is 308 g/mol. The second kappa shape index (κ2) is 6.67. The SMILES string of the molecule is CCOc1[nH+]c(N)c(C#N)c(-c2ccc(N(C)C)cc2)c1C#N. The molecule has 0 aliphatic rings. The number of nitrogen functional groups attached to an aromatic ring is 1. The van der Waals surface area contributed by atoms with Gasteiger partial charge in [-0.05, 0) is 24.6 Å². The zero-order valence-electron chi connectivity index (χ0n) is 13.3. The number of rotatable bonds is 4. The number of nitrogens with two attached hydrogens (primary N) is 1. The van der Waals surface area contributed by atoms with Crippen LogP contribution < -0.4 is 20.4 Å². The Hall–Kier alpha value is -3.25. The van der Waals surface area contributed by atoms with Crippen molar-refractivity contribution in [2.24, 2.45) is 0 Å². The lowest BCUT2D eigenvalue weighted by Crippen LogP contribution is -2.19. The van der Waals surface area contributed by atoms with E-state index in [1.807, 2.05) is 50.2 Å². The van der Waals surface area contributed by atoms with Gasteiger partial charge in [0.25, 0.3) is 5.82 Å². The van der Waals surface area contributed by atoms with Gasteiger partial charge in [0.15, 0.2) is 5.56 Å². The predicted molar refractivity (Wildman–Crippen MR) is 87.8 cm³/mol. The molecule has 0 saturated carbocycles. The van der Waals surface area contributed by atoms with E-state index in [4.69, 9.17) is 10.5 Å². The van der Waals surface area contributed by atoms with E-state index in [0.29, 0.717) is 12.2 Å². The number of benzene rings is 1. The average Bonchev–Trinajstić information content (AvgIpc) is 2.54. The number of nitriles is 2.